The summed E-state index contributed by atoms with van der Waals surface area (Å²) in [5, 5.41) is 6.03. The van der Waals surface area contributed by atoms with Gasteiger partial charge in [0.05, 0.1) is 55.4 Å². The topological polar surface area (TPSA) is 58.2 Å². The first-order valence-electron chi connectivity index (χ1n) is 13.4. The van der Waals surface area contributed by atoms with E-state index in [2.05, 4.69) is 52.9 Å². The van der Waals surface area contributed by atoms with Crippen LogP contribution in [0.25, 0.3) is 0 Å². The molecule has 0 aliphatic carbocycles. The third-order valence-electron chi connectivity index (χ3n) is 5.56. The van der Waals surface area contributed by atoms with Crippen LogP contribution in [0, 0.1) is 0 Å². The van der Waals surface area contributed by atoms with E-state index in [1.165, 1.54) is 51.6 Å². The van der Waals surface area contributed by atoms with Crippen LogP contribution in [-0.2, 0) is 9.59 Å². The molecule has 0 saturated heterocycles. The van der Waals surface area contributed by atoms with Gasteiger partial charge in [-0.15, -0.1) is 0 Å². The number of nitrogens with zero attached hydrogens (tertiary/aromatic N) is 2. The molecule has 0 bridgehead atoms. The molecule has 2 N–H and O–H groups in total. The molecule has 0 heterocycles. The third-order valence-corrected chi connectivity index (χ3v) is 7.97. The molecule has 0 spiro atoms. The molecule has 0 fully saturated rings. The van der Waals surface area contributed by atoms with Crippen molar-refractivity contribution in [3.05, 3.63) is 0 Å². The molecule has 34 heavy (non-hydrogen) atoms. The molecule has 0 aliphatic rings. The Kier molecular flexibility index (Phi) is 20.5. The van der Waals surface area contributed by atoms with Gasteiger partial charge < -0.3 is 19.6 Å². The molecule has 0 unspecified atom stereocenters. The molecule has 0 aromatic carbocycles. The van der Waals surface area contributed by atoms with Gasteiger partial charge in [-0.3, -0.25) is 9.59 Å². The smallest absolute Gasteiger partial charge is 0.220 e. The van der Waals surface area contributed by atoms with Crippen LogP contribution in [0.3, 0.4) is 0 Å². The maximum Gasteiger partial charge on any atom is 0.220 e. The largest absolute Gasteiger partial charge is 0.355 e. The van der Waals surface area contributed by atoms with Crippen molar-refractivity contribution in [3.63, 3.8) is 0 Å². The highest BCUT2D eigenvalue weighted by molar-refractivity contribution is 8.76. The van der Waals surface area contributed by atoms with Crippen LogP contribution >= 0.6 is 21.6 Å². The molecule has 0 radical (unpaired) electrons. The second-order valence-electron chi connectivity index (χ2n) is 11.4. The number of amides is 2. The monoisotopic (exact) mass is 520 g/mol. The van der Waals surface area contributed by atoms with Gasteiger partial charge in [0.25, 0.3) is 0 Å². The average Bonchev–Trinajstić information content (AvgIpc) is 2.72. The summed E-state index contributed by atoms with van der Waals surface area (Å²) in [6, 6.07) is 0. The molecule has 8 heteroatoms. The Hall–Kier alpha value is -0.440. The minimum Gasteiger partial charge on any atom is -0.355 e. The molecule has 0 aliphatic heterocycles. The number of unbranched alkanes of at least 4 members (excludes halogenated alkanes) is 8. The van der Waals surface area contributed by atoms with Gasteiger partial charge >= 0.3 is 0 Å². The van der Waals surface area contributed by atoms with E-state index >= 15 is 0 Å². The van der Waals surface area contributed by atoms with Crippen LogP contribution in [0.15, 0.2) is 0 Å². The molecule has 0 saturated carbocycles. The quantitative estimate of drug-likeness (QED) is 0.117. The van der Waals surface area contributed by atoms with Crippen LogP contribution in [-0.4, -0.2) is 101 Å². The minimum atomic E-state index is 0.178. The fourth-order valence-electron chi connectivity index (χ4n) is 3.56. The third kappa shape index (κ3) is 27.8. The van der Waals surface area contributed by atoms with Crippen molar-refractivity contribution in [1.29, 1.82) is 0 Å². The number of carbonyl (C=O) groups is 2. The molecule has 0 atom stereocenters. The number of nitrogens with one attached hydrogen (secondary N) is 2. The second kappa shape index (κ2) is 20.7. The molecular weight excluding hydrogens is 464 g/mol. The fourth-order valence-corrected chi connectivity index (χ4v) is 5.38. The van der Waals surface area contributed by atoms with E-state index in [1.807, 2.05) is 0 Å². The highest BCUT2D eigenvalue weighted by atomic mass is 33.1. The number of quaternary nitrogens is 2. The van der Waals surface area contributed by atoms with E-state index in [4.69, 9.17) is 0 Å². The number of rotatable bonds is 23. The van der Waals surface area contributed by atoms with Crippen molar-refractivity contribution in [3.8, 4) is 0 Å². The lowest BCUT2D eigenvalue weighted by Crippen LogP contribution is -2.35. The van der Waals surface area contributed by atoms with Gasteiger partial charge in [-0.1, -0.05) is 47.3 Å². The molecule has 202 valence electrons. The van der Waals surface area contributed by atoms with Crippen molar-refractivity contribution < 1.29 is 18.6 Å². The van der Waals surface area contributed by atoms with Crippen LogP contribution < -0.4 is 10.6 Å². The maximum atomic E-state index is 11.9. The zero-order valence-corrected chi connectivity index (χ0v) is 24.9. The lowest BCUT2D eigenvalue weighted by atomic mass is 10.1. The van der Waals surface area contributed by atoms with Gasteiger partial charge in [-0.25, -0.2) is 0 Å². The van der Waals surface area contributed by atoms with E-state index in [0.717, 1.165) is 59.2 Å². The van der Waals surface area contributed by atoms with Gasteiger partial charge in [-0.05, 0) is 38.5 Å². The second-order valence-corrected chi connectivity index (χ2v) is 14.1. The summed E-state index contributed by atoms with van der Waals surface area (Å²) >= 11 is 0. The van der Waals surface area contributed by atoms with Crippen LogP contribution in [0.2, 0.25) is 0 Å². The number of hydrogen-bond acceptors (Lipinski definition) is 4. The Labute approximate surface area is 219 Å². The molecule has 0 aromatic rings. The molecule has 0 aromatic heterocycles. The summed E-state index contributed by atoms with van der Waals surface area (Å²) in [4.78, 5) is 23.8. The SMILES string of the molecule is C[N+](C)(C)CCCCCCCC(=O)NCCSSCCNC(=O)CCCCCCC[N+](C)(C)C. The Morgan fingerprint density at radius 3 is 1.21 bits per heavy atom. The van der Waals surface area contributed by atoms with Crippen molar-refractivity contribution in [2.45, 2.75) is 77.0 Å². The standard InChI is InChI=1S/C26H54N4O2S2/c1-29(2,3)21-15-11-7-9-13-17-25(31)27-19-23-33-34-24-20-28-26(32)18-14-10-8-12-16-22-30(4,5)6/h7-24H2,1-6H3/p+2. The first-order chi connectivity index (χ1) is 16.0. The lowest BCUT2D eigenvalue weighted by Gasteiger charge is -2.23. The van der Waals surface area contributed by atoms with E-state index < -0.39 is 0 Å². The van der Waals surface area contributed by atoms with E-state index in [9.17, 15) is 9.59 Å². The summed E-state index contributed by atoms with van der Waals surface area (Å²) in [7, 11) is 16.9. The van der Waals surface area contributed by atoms with Gasteiger partial charge in [0.2, 0.25) is 11.8 Å². The van der Waals surface area contributed by atoms with Crippen LogP contribution in [0.1, 0.15) is 77.0 Å². The van der Waals surface area contributed by atoms with Crippen molar-refractivity contribution in [2.24, 2.45) is 0 Å². The molecule has 0 rings (SSSR count). The van der Waals surface area contributed by atoms with Crippen molar-refractivity contribution in [1.82, 2.24) is 10.6 Å². The van der Waals surface area contributed by atoms with Gasteiger partial charge in [0.15, 0.2) is 0 Å². The summed E-state index contributed by atoms with van der Waals surface area (Å²) < 4.78 is 2.07. The van der Waals surface area contributed by atoms with E-state index in [1.54, 1.807) is 21.6 Å². The first kappa shape index (κ1) is 33.6. The van der Waals surface area contributed by atoms with Crippen molar-refractivity contribution >= 4 is 33.4 Å². The van der Waals surface area contributed by atoms with E-state index in [0.29, 0.717) is 12.8 Å². The lowest BCUT2D eigenvalue weighted by molar-refractivity contribution is -0.870. The summed E-state index contributed by atoms with van der Waals surface area (Å²) in [6.45, 7) is 3.89. The average molecular weight is 521 g/mol. The highest BCUT2D eigenvalue weighted by Crippen LogP contribution is 2.19. The summed E-state index contributed by atoms with van der Waals surface area (Å²) in [5.41, 5.74) is 0. The Bertz CT molecular complexity index is 474. The van der Waals surface area contributed by atoms with Gasteiger partial charge in [-0.2, -0.15) is 0 Å². The summed E-state index contributed by atoms with van der Waals surface area (Å²) in [5.74, 6) is 2.17. The number of hydrogen-bond donors (Lipinski definition) is 2. The molecule has 2 amide bonds. The Morgan fingerprint density at radius 1 is 0.529 bits per heavy atom. The Morgan fingerprint density at radius 2 is 0.853 bits per heavy atom. The predicted octanol–water partition coefficient (Wildman–Crippen LogP) is 4.69. The van der Waals surface area contributed by atoms with Crippen LogP contribution in [0.5, 0.6) is 0 Å². The minimum absolute atomic E-state index is 0.178. The van der Waals surface area contributed by atoms with Crippen molar-refractivity contribution in [2.75, 3.05) is 80.0 Å². The van der Waals surface area contributed by atoms with Gasteiger partial charge in [0, 0.05) is 37.4 Å². The van der Waals surface area contributed by atoms with E-state index in [-0.39, 0.29) is 11.8 Å². The van der Waals surface area contributed by atoms with Crippen LogP contribution in [0.4, 0.5) is 0 Å². The summed E-state index contributed by atoms with van der Waals surface area (Å²) in [6.07, 6.45) is 13.1. The highest BCUT2D eigenvalue weighted by Gasteiger charge is 2.07. The Balaban J connectivity index is 3.34. The maximum absolute atomic E-state index is 11.9. The fraction of sp³-hybridized carbons (Fsp3) is 0.923. The number of carbonyl (C=O) groups excluding carboxylic acids is 2. The predicted molar refractivity (Wildman–Crippen MR) is 152 cm³/mol. The van der Waals surface area contributed by atoms with Gasteiger partial charge in [0.1, 0.15) is 0 Å². The first-order valence-corrected chi connectivity index (χ1v) is 15.9. The molecule has 6 nitrogen and oxygen atoms in total. The molecular formula is C26H56N4O2S2+2. The zero-order valence-electron chi connectivity index (χ0n) is 23.3. The zero-order chi connectivity index (χ0) is 25.7. The normalized spacial score (nSPS) is 12.1.